The number of carboxylic acid groups (broad SMARTS) is 1. The van der Waals surface area contributed by atoms with Gasteiger partial charge in [-0.2, -0.15) is 0 Å². The molecule has 5 nitrogen and oxygen atoms in total. The van der Waals surface area contributed by atoms with Crippen molar-refractivity contribution in [3.8, 4) is 11.6 Å². The lowest BCUT2D eigenvalue weighted by Gasteiger charge is -2.09. The molecule has 2 aromatic rings. The molecule has 1 aromatic carbocycles. The molecule has 3 N–H and O–H groups in total. The van der Waals surface area contributed by atoms with Crippen LogP contribution in [0.4, 0.5) is 5.69 Å². The van der Waals surface area contributed by atoms with Crippen LogP contribution in [0.15, 0.2) is 39.4 Å². The van der Waals surface area contributed by atoms with Gasteiger partial charge in [0.25, 0.3) is 0 Å². The first-order valence-corrected chi connectivity index (χ1v) is 6.67. The van der Waals surface area contributed by atoms with Crippen LogP contribution in [-0.2, 0) is 0 Å². The first-order valence-electron chi connectivity index (χ1n) is 5.09. The maximum Gasteiger partial charge on any atom is 0.337 e. The van der Waals surface area contributed by atoms with Gasteiger partial charge in [-0.1, -0.05) is 15.9 Å². The monoisotopic (exact) mass is 386 g/mol. The molecular weight excluding hydrogens is 380 g/mol. The molecule has 0 unspecified atom stereocenters. The minimum atomic E-state index is -1.09. The van der Waals surface area contributed by atoms with Crippen molar-refractivity contribution in [1.29, 1.82) is 0 Å². The summed E-state index contributed by atoms with van der Waals surface area (Å²) >= 11 is 6.68. The summed E-state index contributed by atoms with van der Waals surface area (Å²) in [7, 11) is 0. The Hall–Kier alpha value is -1.60. The van der Waals surface area contributed by atoms with Gasteiger partial charge in [0.05, 0.1) is 15.7 Å². The minimum Gasteiger partial charge on any atom is -0.478 e. The zero-order valence-corrected chi connectivity index (χ0v) is 12.6. The zero-order valence-electron chi connectivity index (χ0n) is 9.43. The summed E-state index contributed by atoms with van der Waals surface area (Å²) in [5.74, 6) is -0.394. The highest BCUT2D eigenvalue weighted by Gasteiger charge is 2.11. The largest absolute Gasteiger partial charge is 0.478 e. The predicted octanol–water partition coefficient (Wildman–Crippen LogP) is 3.68. The molecule has 0 aliphatic carbocycles. The summed E-state index contributed by atoms with van der Waals surface area (Å²) in [6.07, 6.45) is 1.20. The molecule has 0 saturated carbocycles. The van der Waals surface area contributed by atoms with Crippen molar-refractivity contribution >= 4 is 43.5 Å². The lowest BCUT2D eigenvalue weighted by atomic mass is 10.2. The second-order valence-electron chi connectivity index (χ2n) is 3.60. The third kappa shape index (κ3) is 3.24. The number of nitrogens with zero attached hydrogens (tertiary/aromatic N) is 1. The summed E-state index contributed by atoms with van der Waals surface area (Å²) in [5.41, 5.74) is 5.89. The number of anilines is 1. The molecule has 7 heteroatoms. The Balaban J connectivity index is 2.31. The molecule has 0 fully saturated rings. The number of aromatic carboxylic acids is 1. The maximum atomic E-state index is 10.8. The van der Waals surface area contributed by atoms with E-state index in [-0.39, 0.29) is 17.1 Å². The van der Waals surface area contributed by atoms with Crippen molar-refractivity contribution in [3.63, 3.8) is 0 Å². The van der Waals surface area contributed by atoms with Crippen LogP contribution in [0.3, 0.4) is 0 Å². The number of hydrogen-bond acceptors (Lipinski definition) is 4. The average molecular weight is 388 g/mol. The van der Waals surface area contributed by atoms with E-state index in [1.54, 1.807) is 6.07 Å². The van der Waals surface area contributed by atoms with Gasteiger partial charge >= 0.3 is 5.97 Å². The van der Waals surface area contributed by atoms with Crippen molar-refractivity contribution in [3.05, 3.63) is 45.0 Å². The van der Waals surface area contributed by atoms with Crippen LogP contribution >= 0.6 is 31.9 Å². The number of pyridine rings is 1. The Kier molecular flexibility index (Phi) is 4.06. The number of aromatic nitrogens is 1. The molecular formula is C12H8Br2N2O3. The summed E-state index contributed by atoms with van der Waals surface area (Å²) in [5, 5.41) is 8.82. The van der Waals surface area contributed by atoms with Gasteiger partial charge in [0.2, 0.25) is 5.88 Å². The predicted molar refractivity (Wildman–Crippen MR) is 77.5 cm³/mol. The molecule has 0 saturated heterocycles. The molecule has 0 radical (unpaired) electrons. The number of carbonyl (C=O) groups is 1. The van der Waals surface area contributed by atoms with Crippen LogP contribution in [0, 0.1) is 0 Å². The maximum absolute atomic E-state index is 10.8. The van der Waals surface area contributed by atoms with E-state index in [9.17, 15) is 4.79 Å². The van der Waals surface area contributed by atoms with Crippen LogP contribution in [-0.4, -0.2) is 16.1 Å². The molecule has 1 aromatic heterocycles. The van der Waals surface area contributed by atoms with Gasteiger partial charge in [-0.3, -0.25) is 0 Å². The van der Waals surface area contributed by atoms with E-state index in [2.05, 4.69) is 36.8 Å². The van der Waals surface area contributed by atoms with Gasteiger partial charge < -0.3 is 15.6 Å². The van der Waals surface area contributed by atoms with Crippen molar-refractivity contribution in [2.75, 3.05) is 5.73 Å². The molecule has 19 heavy (non-hydrogen) atoms. The first kappa shape index (κ1) is 13.8. The van der Waals surface area contributed by atoms with Crippen molar-refractivity contribution in [2.24, 2.45) is 0 Å². The highest BCUT2D eigenvalue weighted by Crippen LogP contribution is 2.33. The fourth-order valence-corrected chi connectivity index (χ4v) is 2.46. The molecule has 0 aliphatic rings. The zero-order chi connectivity index (χ0) is 14.0. The van der Waals surface area contributed by atoms with Crippen LogP contribution in [0.1, 0.15) is 10.4 Å². The van der Waals surface area contributed by atoms with Crippen LogP contribution in [0.5, 0.6) is 11.6 Å². The molecule has 0 aliphatic heterocycles. The van der Waals surface area contributed by atoms with E-state index in [4.69, 9.17) is 15.6 Å². The molecule has 2 rings (SSSR count). The average Bonchev–Trinajstić information content (AvgIpc) is 2.34. The molecule has 0 amide bonds. The van der Waals surface area contributed by atoms with E-state index in [0.29, 0.717) is 5.75 Å². The quantitative estimate of drug-likeness (QED) is 0.838. The summed E-state index contributed by atoms with van der Waals surface area (Å²) < 4.78 is 7.16. The second kappa shape index (κ2) is 5.58. The lowest BCUT2D eigenvalue weighted by molar-refractivity contribution is 0.0696. The number of nitrogen functional groups attached to an aromatic ring is 1. The third-order valence-corrected chi connectivity index (χ3v) is 3.34. The molecule has 0 spiro atoms. The summed E-state index contributed by atoms with van der Waals surface area (Å²) in [6, 6.07) is 6.66. The Bertz CT molecular complexity index is 647. The van der Waals surface area contributed by atoms with Gasteiger partial charge in [-0.25, -0.2) is 9.78 Å². The SMILES string of the molecule is Nc1cc(C(=O)O)cnc1Oc1ccc(Br)cc1Br. The Morgan fingerprint density at radius 2 is 2.05 bits per heavy atom. The highest BCUT2D eigenvalue weighted by molar-refractivity contribution is 9.11. The number of ether oxygens (including phenoxy) is 1. The van der Waals surface area contributed by atoms with E-state index in [1.165, 1.54) is 12.3 Å². The highest BCUT2D eigenvalue weighted by atomic mass is 79.9. The fourth-order valence-electron chi connectivity index (χ4n) is 1.33. The lowest BCUT2D eigenvalue weighted by Crippen LogP contribution is -2.01. The van der Waals surface area contributed by atoms with Crippen molar-refractivity contribution in [2.45, 2.75) is 0 Å². The third-order valence-electron chi connectivity index (χ3n) is 2.23. The van der Waals surface area contributed by atoms with Crippen molar-refractivity contribution < 1.29 is 14.6 Å². The number of carboxylic acids is 1. The topological polar surface area (TPSA) is 85.4 Å². The minimum absolute atomic E-state index is 0.0136. The number of halogens is 2. The van der Waals surface area contributed by atoms with E-state index in [1.807, 2.05) is 12.1 Å². The van der Waals surface area contributed by atoms with Crippen molar-refractivity contribution in [1.82, 2.24) is 4.98 Å². The summed E-state index contributed by atoms with van der Waals surface area (Å²) in [6.45, 7) is 0. The van der Waals surface area contributed by atoms with E-state index in [0.717, 1.165) is 8.95 Å². The van der Waals surface area contributed by atoms with E-state index >= 15 is 0 Å². The molecule has 0 bridgehead atoms. The number of hydrogen-bond donors (Lipinski definition) is 2. The second-order valence-corrected chi connectivity index (χ2v) is 5.37. The standard InChI is InChI=1S/C12H8Br2N2O3/c13-7-1-2-10(8(14)4-7)19-11-9(15)3-6(5-16-11)12(17)18/h1-5H,15H2,(H,17,18). The Morgan fingerprint density at radius 3 is 2.63 bits per heavy atom. The fraction of sp³-hybridized carbons (Fsp3) is 0. The van der Waals surface area contributed by atoms with Crippen LogP contribution < -0.4 is 10.5 Å². The van der Waals surface area contributed by atoms with Crippen LogP contribution in [0.25, 0.3) is 0 Å². The van der Waals surface area contributed by atoms with Gasteiger partial charge in [0.1, 0.15) is 5.75 Å². The normalized spacial score (nSPS) is 10.2. The number of benzene rings is 1. The first-order chi connectivity index (χ1) is 8.97. The molecule has 1 heterocycles. The van der Waals surface area contributed by atoms with Gasteiger partial charge in [-0.15, -0.1) is 0 Å². The number of nitrogens with two attached hydrogens (primary N) is 1. The van der Waals surface area contributed by atoms with E-state index < -0.39 is 5.97 Å². The Morgan fingerprint density at radius 1 is 1.32 bits per heavy atom. The van der Waals surface area contributed by atoms with Gasteiger partial charge in [0, 0.05) is 10.7 Å². The van der Waals surface area contributed by atoms with Crippen LogP contribution in [0.2, 0.25) is 0 Å². The van der Waals surface area contributed by atoms with Gasteiger partial charge in [-0.05, 0) is 40.2 Å². The number of rotatable bonds is 3. The summed E-state index contributed by atoms with van der Waals surface area (Å²) in [4.78, 5) is 14.7. The molecule has 98 valence electrons. The molecule has 0 atom stereocenters. The smallest absolute Gasteiger partial charge is 0.337 e. The Labute approximate surface area is 125 Å². The van der Waals surface area contributed by atoms with Gasteiger partial charge in [0.15, 0.2) is 0 Å².